The molecule has 4 fully saturated rings. The first kappa shape index (κ1) is 27.3. The molecule has 2 heterocycles. The summed E-state index contributed by atoms with van der Waals surface area (Å²) in [5, 5.41) is 29.9. The number of carbonyl (C=O) groups is 1. The lowest BCUT2D eigenvalue weighted by Crippen LogP contribution is -2.67. The van der Waals surface area contributed by atoms with Gasteiger partial charge in [-0.15, -0.1) is 0 Å². The predicted octanol–water partition coefficient (Wildman–Crippen LogP) is 2.40. The molecule has 4 rings (SSSR count). The van der Waals surface area contributed by atoms with Crippen molar-refractivity contribution < 1.29 is 14.6 Å². The third kappa shape index (κ3) is 6.05. The topological polar surface area (TPSA) is 110 Å². The van der Waals surface area contributed by atoms with Gasteiger partial charge in [0.25, 0.3) is 0 Å². The Bertz CT molecular complexity index is 773. The normalized spacial score (nSPS) is 42.4. The smallest absolute Gasteiger partial charge is 0.237 e. The average molecular weight is 555 g/mol. The molecule has 9 heteroatoms. The van der Waals surface area contributed by atoms with E-state index in [0.717, 1.165) is 64.3 Å². The van der Waals surface area contributed by atoms with Gasteiger partial charge in [0.15, 0.2) is 0 Å². The van der Waals surface area contributed by atoms with Crippen molar-refractivity contribution in [3.05, 3.63) is 0 Å². The molecule has 0 aromatic heterocycles. The molecule has 1 amide bonds. The molecule has 8 nitrogen and oxygen atoms in total. The Labute approximate surface area is 219 Å². The van der Waals surface area contributed by atoms with Crippen LogP contribution in [0.5, 0.6) is 0 Å². The Morgan fingerprint density at radius 1 is 1.26 bits per heavy atom. The highest BCUT2D eigenvalue weighted by Crippen LogP contribution is 2.47. The summed E-state index contributed by atoms with van der Waals surface area (Å²) < 4.78 is 5.87. The Morgan fingerprint density at radius 2 is 1.97 bits per heavy atom. The second kappa shape index (κ2) is 11.7. The maximum absolute atomic E-state index is 12.8. The van der Waals surface area contributed by atoms with E-state index in [4.69, 9.17) is 4.74 Å². The van der Waals surface area contributed by atoms with E-state index < -0.39 is 0 Å². The minimum Gasteiger partial charge on any atom is -0.393 e. The van der Waals surface area contributed by atoms with Gasteiger partial charge in [-0.2, -0.15) is 5.26 Å². The number of fused-ring (bicyclic) bond motifs is 1. The number of amides is 1. The van der Waals surface area contributed by atoms with E-state index >= 15 is 0 Å². The van der Waals surface area contributed by atoms with Crippen molar-refractivity contribution in [3.63, 3.8) is 0 Å². The van der Waals surface area contributed by atoms with E-state index in [2.05, 4.69) is 56.8 Å². The average Bonchev–Trinajstić information content (AvgIpc) is 3.47. The highest BCUT2D eigenvalue weighted by atomic mass is 79.9. The number of hydrogen-bond donors (Lipinski definition) is 4. The van der Waals surface area contributed by atoms with Crippen molar-refractivity contribution >= 4 is 21.8 Å². The van der Waals surface area contributed by atoms with Gasteiger partial charge in [0.1, 0.15) is 6.10 Å². The molecule has 2 saturated carbocycles. The van der Waals surface area contributed by atoms with E-state index in [1.807, 2.05) is 6.92 Å². The molecule has 4 aliphatic rings. The third-order valence-corrected chi connectivity index (χ3v) is 10.5. The summed E-state index contributed by atoms with van der Waals surface area (Å²) in [5.74, 6) is 0.402. The zero-order valence-corrected chi connectivity index (χ0v) is 23.1. The fraction of sp³-hybridized carbons (Fsp3) is 0.923. The zero-order valence-electron chi connectivity index (χ0n) is 21.5. The molecule has 35 heavy (non-hydrogen) atoms. The fourth-order valence-corrected chi connectivity index (χ4v) is 8.02. The van der Waals surface area contributed by atoms with E-state index in [9.17, 15) is 15.2 Å². The van der Waals surface area contributed by atoms with E-state index in [1.54, 1.807) is 0 Å². The molecule has 198 valence electrons. The highest BCUT2D eigenvalue weighted by Gasteiger charge is 2.54. The number of halogens is 1. The number of nitriles is 1. The van der Waals surface area contributed by atoms with Gasteiger partial charge in [0.05, 0.1) is 34.8 Å². The van der Waals surface area contributed by atoms with Gasteiger partial charge in [-0.3, -0.25) is 20.3 Å². The van der Waals surface area contributed by atoms with Crippen LogP contribution in [0.15, 0.2) is 0 Å². The van der Waals surface area contributed by atoms with Gasteiger partial charge in [0, 0.05) is 30.6 Å². The lowest BCUT2D eigenvalue weighted by molar-refractivity contribution is -0.127. The van der Waals surface area contributed by atoms with Crippen molar-refractivity contribution in [1.29, 1.82) is 5.26 Å². The number of carbonyl (C=O) groups excluding carboxylic acids is 1. The van der Waals surface area contributed by atoms with Crippen molar-refractivity contribution in [1.82, 2.24) is 20.9 Å². The van der Waals surface area contributed by atoms with Crippen LogP contribution in [0.1, 0.15) is 78.1 Å². The van der Waals surface area contributed by atoms with Gasteiger partial charge in [-0.25, -0.2) is 0 Å². The molecule has 0 aromatic carbocycles. The molecule has 0 aromatic rings. The van der Waals surface area contributed by atoms with Crippen LogP contribution >= 0.6 is 15.9 Å². The number of piperidine rings is 1. The monoisotopic (exact) mass is 553 g/mol. The van der Waals surface area contributed by atoms with Gasteiger partial charge >= 0.3 is 0 Å². The first-order valence-electron chi connectivity index (χ1n) is 13.7. The van der Waals surface area contributed by atoms with Gasteiger partial charge in [0.2, 0.25) is 5.91 Å². The number of hydrogen-bond acceptors (Lipinski definition) is 7. The lowest BCUT2D eigenvalue weighted by Gasteiger charge is -2.49. The lowest BCUT2D eigenvalue weighted by atomic mass is 9.77. The number of aliphatic hydroxyl groups excluding tert-OH is 1. The number of nitrogens with one attached hydrogen (secondary N) is 3. The first-order valence-corrected chi connectivity index (χ1v) is 14.5. The van der Waals surface area contributed by atoms with E-state index in [1.165, 1.54) is 0 Å². The summed E-state index contributed by atoms with van der Waals surface area (Å²) in [6.45, 7) is 4.99. The largest absolute Gasteiger partial charge is 0.393 e. The van der Waals surface area contributed by atoms with Crippen LogP contribution in [0, 0.1) is 17.2 Å². The molecule has 4 N–H and O–H groups in total. The summed E-state index contributed by atoms with van der Waals surface area (Å²) in [6, 6.07) is 3.08. The first-order chi connectivity index (χ1) is 16.7. The van der Waals surface area contributed by atoms with Crippen LogP contribution in [-0.4, -0.2) is 82.5 Å². The number of ether oxygens (including phenoxy) is 1. The van der Waals surface area contributed by atoms with Crippen molar-refractivity contribution in [3.8, 4) is 6.07 Å². The second-order valence-electron chi connectivity index (χ2n) is 11.3. The van der Waals surface area contributed by atoms with E-state index in [0.29, 0.717) is 24.4 Å². The van der Waals surface area contributed by atoms with Crippen LogP contribution in [0.2, 0.25) is 0 Å². The van der Waals surface area contributed by atoms with Crippen molar-refractivity contribution in [2.24, 2.45) is 5.92 Å². The van der Waals surface area contributed by atoms with Gasteiger partial charge < -0.3 is 15.2 Å². The van der Waals surface area contributed by atoms with Crippen LogP contribution in [0.3, 0.4) is 0 Å². The standard InChI is InChI=1S/C26H44BrN5O3/c1-4-11-26(27)22-13-21(14-28)35-23(22)15-29-25(26)31-17-5-8-19(9-6-17)32(3)16(2)24(34)30-18-7-10-20(33)12-18/h16-23,25,29,31,33H,4-13,15H2,1-3H3,(H,30,34)/t16-,17?,18-,19?,20-,21?,22?,23?,25?,26?/m1/s1. The summed E-state index contributed by atoms with van der Waals surface area (Å²) in [5.41, 5.74) is 0. The Kier molecular flexibility index (Phi) is 9.15. The Hall–Kier alpha value is -0.760. The van der Waals surface area contributed by atoms with E-state index in [-0.39, 0.29) is 46.8 Å². The van der Waals surface area contributed by atoms with Crippen LogP contribution in [0.25, 0.3) is 0 Å². The molecular weight excluding hydrogens is 510 g/mol. The quantitative estimate of drug-likeness (QED) is 0.341. The Balaban J connectivity index is 1.28. The summed E-state index contributed by atoms with van der Waals surface area (Å²) in [6.07, 6.45) is 9.17. The SMILES string of the molecule is CCCC1(Br)C(NC2CCC(N(C)[C@H](C)C(=O)N[C@@H]3CC[C@@H](O)C3)CC2)NCC2OC(C#N)CC21. The van der Waals surface area contributed by atoms with Crippen molar-refractivity contribution in [2.45, 2.75) is 131 Å². The minimum absolute atomic E-state index is 0.0749. The predicted molar refractivity (Wildman–Crippen MR) is 139 cm³/mol. The fourth-order valence-electron chi connectivity index (χ4n) is 6.85. The van der Waals surface area contributed by atoms with Gasteiger partial charge in [-0.1, -0.05) is 29.3 Å². The van der Waals surface area contributed by atoms with Crippen molar-refractivity contribution in [2.75, 3.05) is 13.6 Å². The van der Waals surface area contributed by atoms with Crippen LogP contribution in [-0.2, 0) is 9.53 Å². The molecule has 0 radical (unpaired) electrons. The molecule has 2 aliphatic heterocycles. The molecule has 5 unspecified atom stereocenters. The molecule has 0 bridgehead atoms. The second-order valence-corrected chi connectivity index (χ2v) is 12.8. The van der Waals surface area contributed by atoms with Crippen LogP contribution < -0.4 is 16.0 Å². The maximum atomic E-state index is 12.8. The summed E-state index contributed by atoms with van der Waals surface area (Å²) in [7, 11) is 2.07. The number of rotatable bonds is 8. The Morgan fingerprint density at radius 3 is 2.60 bits per heavy atom. The molecule has 2 aliphatic carbocycles. The van der Waals surface area contributed by atoms with Crippen LogP contribution in [0.4, 0.5) is 0 Å². The number of alkyl halides is 1. The molecule has 8 atom stereocenters. The minimum atomic E-state index is -0.303. The highest BCUT2D eigenvalue weighted by molar-refractivity contribution is 9.10. The summed E-state index contributed by atoms with van der Waals surface area (Å²) in [4.78, 5) is 15.0. The number of nitrogens with zero attached hydrogens (tertiary/aromatic N) is 2. The third-order valence-electron chi connectivity index (χ3n) is 9.07. The summed E-state index contributed by atoms with van der Waals surface area (Å²) >= 11 is 4.14. The number of aliphatic hydroxyl groups is 1. The van der Waals surface area contributed by atoms with Gasteiger partial charge in [-0.05, 0) is 71.8 Å². The molecule has 0 spiro atoms. The molecular formula is C26H44BrN5O3. The maximum Gasteiger partial charge on any atom is 0.237 e. The number of likely N-dealkylation sites (N-methyl/N-ethyl adjacent to an activating group) is 1. The zero-order chi connectivity index (χ0) is 25.2. The molecule has 2 saturated heterocycles.